The van der Waals surface area contributed by atoms with E-state index in [1.807, 2.05) is 19.1 Å². The highest BCUT2D eigenvalue weighted by Gasteiger charge is 2.22. The van der Waals surface area contributed by atoms with Crippen molar-refractivity contribution >= 4 is 0 Å². The van der Waals surface area contributed by atoms with Crippen molar-refractivity contribution in [1.29, 1.82) is 0 Å². The molecule has 0 spiro atoms. The van der Waals surface area contributed by atoms with Crippen molar-refractivity contribution in [3.8, 4) is 11.5 Å². The molecule has 1 fully saturated rings. The zero-order valence-electron chi connectivity index (χ0n) is 12.0. The van der Waals surface area contributed by atoms with E-state index in [1.54, 1.807) is 7.11 Å². The largest absolute Gasteiger partial charge is 0.493 e. The van der Waals surface area contributed by atoms with Gasteiger partial charge in [-0.15, -0.1) is 0 Å². The predicted octanol–water partition coefficient (Wildman–Crippen LogP) is 3.67. The Morgan fingerprint density at radius 1 is 1.21 bits per heavy atom. The molecule has 0 saturated heterocycles. The quantitative estimate of drug-likeness (QED) is 0.881. The van der Waals surface area contributed by atoms with Crippen LogP contribution in [0.2, 0.25) is 0 Å². The number of benzene rings is 1. The molecule has 0 radical (unpaired) electrons. The lowest BCUT2D eigenvalue weighted by Crippen LogP contribution is -2.23. The standard InChI is InChI=1S/C16H25NO2/c1-3-19-15-11-13(9-10-14(15)18-2)16(17)12-7-5-4-6-8-12/h9-12,16H,3-8,17H2,1-2H3/t16-/m0/s1. The van der Waals surface area contributed by atoms with Gasteiger partial charge in [0.05, 0.1) is 13.7 Å². The number of rotatable bonds is 5. The van der Waals surface area contributed by atoms with Crippen LogP contribution >= 0.6 is 0 Å². The third-order valence-electron chi connectivity index (χ3n) is 4.03. The van der Waals surface area contributed by atoms with Crippen molar-refractivity contribution in [2.24, 2.45) is 11.7 Å². The number of hydrogen-bond donors (Lipinski definition) is 1. The van der Waals surface area contributed by atoms with E-state index < -0.39 is 0 Å². The van der Waals surface area contributed by atoms with Crippen LogP contribution in [0.1, 0.15) is 50.6 Å². The normalized spacial score (nSPS) is 18.1. The van der Waals surface area contributed by atoms with Crippen LogP contribution in [0.3, 0.4) is 0 Å². The highest BCUT2D eigenvalue weighted by Crippen LogP contribution is 2.36. The molecule has 1 aromatic carbocycles. The van der Waals surface area contributed by atoms with E-state index in [2.05, 4.69) is 6.07 Å². The Morgan fingerprint density at radius 2 is 1.95 bits per heavy atom. The maximum atomic E-state index is 6.43. The number of hydrogen-bond acceptors (Lipinski definition) is 3. The first-order valence-electron chi connectivity index (χ1n) is 7.32. The first-order chi connectivity index (χ1) is 9.26. The molecule has 0 bridgehead atoms. The highest BCUT2D eigenvalue weighted by atomic mass is 16.5. The van der Waals surface area contributed by atoms with Gasteiger partial charge in [0, 0.05) is 6.04 Å². The summed E-state index contributed by atoms with van der Waals surface area (Å²) in [5.74, 6) is 2.19. The molecule has 2 N–H and O–H groups in total. The fraction of sp³-hybridized carbons (Fsp3) is 0.625. The molecule has 2 rings (SSSR count). The Morgan fingerprint density at radius 3 is 2.58 bits per heavy atom. The SMILES string of the molecule is CCOc1cc([C@@H](N)C2CCCCC2)ccc1OC. The van der Waals surface area contributed by atoms with Crippen LogP contribution in [-0.2, 0) is 0 Å². The number of nitrogens with two attached hydrogens (primary N) is 1. The fourth-order valence-electron chi connectivity index (χ4n) is 2.93. The molecule has 106 valence electrons. The van der Waals surface area contributed by atoms with E-state index in [1.165, 1.54) is 32.1 Å². The molecule has 3 nitrogen and oxygen atoms in total. The first-order valence-corrected chi connectivity index (χ1v) is 7.32. The second-order valence-corrected chi connectivity index (χ2v) is 5.27. The predicted molar refractivity (Wildman–Crippen MR) is 77.7 cm³/mol. The van der Waals surface area contributed by atoms with Gasteiger partial charge in [0.25, 0.3) is 0 Å². The summed E-state index contributed by atoms with van der Waals surface area (Å²) in [6, 6.07) is 6.19. The Hall–Kier alpha value is -1.22. The molecule has 0 amide bonds. The molecule has 3 heteroatoms. The lowest BCUT2D eigenvalue weighted by molar-refractivity contribution is 0.300. The molecule has 0 aliphatic heterocycles. The molecule has 1 saturated carbocycles. The Labute approximate surface area is 116 Å². The second kappa shape index (κ2) is 6.80. The fourth-order valence-corrected chi connectivity index (χ4v) is 2.93. The zero-order chi connectivity index (χ0) is 13.7. The van der Waals surface area contributed by atoms with Crippen molar-refractivity contribution in [2.75, 3.05) is 13.7 Å². The smallest absolute Gasteiger partial charge is 0.161 e. The van der Waals surface area contributed by atoms with E-state index in [0.29, 0.717) is 12.5 Å². The van der Waals surface area contributed by atoms with E-state index >= 15 is 0 Å². The molecule has 0 heterocycles. The summed E-state index contributed by atoms with van der Waals surface area (Å²) in [6.45, 7) is 2.62. The van der Waals surface area contributed by atoms with E-state index in [0.717, 1.165) is 17.1 Å². The molecule has 1 aromatic rings. The molecule has 1 atom stereocenters. The summed E-state index contributed by atoms with van der Waals surface area (Å²) in [7, 11) is 1.67. The highest BCUT2D eigenvalue weighted by molar-refractivity contribution is 5.44. The summed E-state index contributed by atoms with van der Waals surface area (Å²) in [5.41, 5.74) is 7.59. The third-order valence-corrected chi connectivity index (χ3v) is 4.03. The average Bonchev–Trinajstić information content (AvgIpc) is 2.47. The van der Waals surface area contributed by atoms with E-state index in [4.69, 9.17) is 15.2 Å². The molecular formula is C16H25NO2. The van der Waals surface area contributed by atoms with Crippen LogP contribution in [-0.4, -0.2) is 13.7 Å². The average molecular weight is 263 g/mol. The molecule has 19 heavy (non-hydrogen) atoms. The van der Waals surface area contributed by atoms with Gasteiger partial charge >= 0.3 is 0 Å². The van der Waals surface area contributed by atoms with Crippen LogP contribution in [0.15, 0.2) is 18.2 Å². The van der Waals surface area contributed by atoms with Crippen LogP contribution in [0.5, 0.6) is 11.5 Å². The summed E-state index contributed by atoms with van der Waals surface area (Å²) in [4.78, 5) is 0. The third kappa shape index (κ3) is 3.41. The van der Waals surface area contributed by atoms with Crippen LogP contribution in [0.25, 0.3) is 0 Å². The van der Waals surface area contributed by atoms with Gasteiger partial charge < -0.3 is 15.2 Å². The molecule has 0 aromatic heterocycles. The first kappa shape index (κ1) is 14.2. The van der Waals surface area contributed by atoms with Crippen molar-refractivity contribution in [3.05, 3.63) is 23.8 Å². The molecule has 1 aliphatic carbocycles. The Bertz CT molecular complexity index is 400. The summed E-state index contributed by atoms with van der Waals surface area (Å²) in [5, 5.41) is 0. The summed E-state index contributed by atoms with van der Waals surface area (Å²) < 4.78 is 10.9. The topological polar surface area (TPSA) is 44.5 Å². The van der Waals surface area contributed by atoms with Gasteiger partial charge in [-0.2, -0.15) is 0 Å². The summed E-state index contributed by atoms with van der Waals surface area (Å²) in [6.07, 6.45) is 6.48. The molecule has 0 unspecified atom stereocenters. The van der Waals surface area contributed by atoms with Crippen molar-refractivity contribution in [2.45, 2.75) is 45.1 Å². The van der Waals surface area contributed by atoms with Gasteiger partial charge in [-0.25, -0.2) is 0 Å². The Balaban J connectivity index is 2.16. The van der Waals surface area contributed by atoms with Gasteiger partial charge in [0.2, 0.25) is 0 Å². The zero-order valence-corrected chi connectivity index (χ0v) is 12.0. The minimum atomic E-state index is 0.116. The lowest BCUT2D eigenvalue weighted by atomic mass is 9.81. The second-order valence-electron chi connectivity index (χ2n) is 5.27. The van der Waals surface area contributed by atoms with Crippen molar-refractivity contribution < 1.29 is 9.47 Å². The minimum Gasteiger partial charge on any atom is -0.493 e. The number of methoxy groups -OCH3 is 1. The lowest BCUT2D eigenvalue weighted by Gasteiger charge is -2.28. The van der Waals surface area contributed by atoms with Gasteiger partial charge in [-0.1, -0.05) is 25.3 Å². The molecule has 1 aliphatic rings. The van der Waals surface area contributed by atoms with Crippen molar-refractivity contribution in [3.63, 3.8) is 0 Å². The van der Waals surface area contributed by atoms with E-state index in [-0.39, 0.29) is 6.04 Å². The maximum Gasteiger partial charge on any atom is 0.161 e. The van der Waals surface area contributed by atoms with Crippen molar-refractivity contribution in [1.82, 2.24) is 0 Å². The molecular weight excluding hydrogens is 238 g/mol. The van der Waals surface area contributed by atoms with Crippen LogP contribution < -0.4 is 15.2 Å². The van der Waals surface area contributed by atoms with Gasteiger partial charge in [0.1, 0.15) is 0 Å². The van der Waals surface area contributed by atoms with Gasteiger partial charge in [0.15, 0.2) is 11.5 Å². The van der Waals surface area contributed by atoms with Gasteiger partial charge in [-0.05, 0) is 43.4 Å². The number of ether oxygens (including phenoxy) is 2. The Kier molecular flexibility index (Phi) is 5.08. The van der Waals surface area contributed by atoms with Crippen LogP contribution in [0.4, 0.5) is 0 Å². The van der Waals surface area contributed by atoms with Crippen LogP contribution in [0, 0.1) is 5.92 Å². The minimum absolute atomic E-state index is 0.116. The monoisotopic (exact) mass is 263 g/mol. The maximum absolute atomic E-state index is 6.43. The van der Waals surface area contributed by atoms with E-state index in [9.17, 15) is 0 Å². The summed E-state index contributed by atoms with van der Waals surface area (Å²) >= 11 is 0. The van der Waals surface area contributed by atoms with Gasteiger partial charge in [-0.3, -0.25) is 0 Å².